The number of carbonyl (C=O) groups is 1. The average Bonchev–Trinajstić information content (AvgIpc) is 3.15. The smallest absolute Gasteiger partial charge is 0.234 e. The molecule has 3 unspecified atom stereocenters. The minimum Gasteiger partial charge on any atom is -0.395 e. The molecule has 140 valence electrons. The van der Waals surface area contributed by atoms with Crippen LogP contribution in [0.5, 0.6) is 0 Å². The summed E-state index contributed by atoms with van der Waals surface area (Å²) in [6.45, 7) is 5.54. The Balaban J connectivity index is 1.72. The van der Waals surface area contributed by atoms with Crippen molar-refractivity contribution in [2.45, 2.75) is 38.8 Å². The van der Waals surface area contributed by atoms with E-state index in [0.717, 1.165) is 29.8 Å². The van der Waals surface area contributed by atoms with Gasteiger partial charge in [0.1, 0.15) is 0 Å². The van der Waals surface area contributed by atoms with Gasteiger partial charge in [-0.1, -0.05) is 42.8 Å². The Hall–Kier alpha value is -1.69. The van der Waals surface area contributed by atoms with Gasteiger partial charge in [-0.2, -0.15) is 0 Å². The van der Waals surface area contributed by atoms with E-state index in [4.69, 9.17) is 0 Å². The van der Waals surface area contributed by atoms with Crippen molar-refractivity contribution in [2.75, 3.05) is 19.7 Å². The zero-order valence-corrected chi connectivity index (χ0v) is 16.3. The Kier molecular flexibility index (Phi) is 6.46. The quantitative estimate of drug-likeness (QED) is 0.818. The fraction of sp³-hybridized carbons (Fsp3) is 0.476. The number of benzene rings is 1. The molecule has 1 aliphatic heterocycles. The molecular formula is C21H28N2O2S. The molecule has 1 fully saturated rings. The number of aryl methyl sites for hydroxylation is 1. The summed E-state index contributed by atoms with van der Waals surface area (Å²) in [5.41, 5.74) is 2.30. The van der Waals surface area contributed by atoms with Crippen LogP contribution in [0.2, 0.25) is 0 Å². The number of nitrogens with one attached hydrogen (secondary N) is 1. The predicted molar refractivity (Wildman–Crippen MR) is 106 cm³/mol. The molecule has 2 N–H and O–H groups in total. The van der Waals surface area contributed by atoms with E-state index in [1.54, 1.807) is 11.3 Å². The lowest BCUT2D eigenvalue weighted by molar-refractivity contribution is -0.124. The number of carbonyl (C=O) groups excluding carboxylic acids is 1. The summed E-state index contributed by atoms with van der Waals surface area (Å²) in [4.78, 5) is 16.1. The maximum Gasteiger partial charge on any atom is 0.234 e. The number of aliphatic hydroxyl groups excluding tert-OH is 1. The lowest BCUT2D eigenvalue weighted by Crippen LogP contribution is -2.50. The van der Waals surface area contributed by atoms with Crippen molar-refractivity contribution in [3.8, 4) is 0 Å². The highest BCUT2D eigenvalue weighted by Crippen LogP contribution is 2.27. The zero-order valence-electron chi connectivity index (χ0n) is 15.5. The van der Waals surface area contributed by atoms with Crippen molar-refractivity contribution in [3.63, 3.8) is 0 Å². The van der Waals surface area contributed by atoms with Gasteiger partial charge in [0, 0.05) is 10.9 Å². The van der Waals surface area contributed by atoms with Gasteiger partial charge in [-0.15, -0.1) is 11.3 Å². The number of thiophene rings is 1. The number of aliphatic hydroxyl groups is 1. The molecule has 0 spiro atoms. The zero-order chi connectivity index (χ0) is 18.5. The minimum atomic E-state index is -0.127. The van der Waals surface area contributed by atoms with Crippen LogP contribution in [-0.2, 0) is 4.79 Å². The van der Waals surface area contributed by atoms with Crippen LogP contribution >= 0.6 is 11.3 Å². The van der Waals surface area contributed by atoms with Gasteiger partial charge in [0.2, 0.25) is 5.91 Å². The Morgan fingerprint density at radius 3 is 2.77 bits per heavy atom. The van der Waals surface area contributed by atoms with Gasteiger partial charge in [0.15, 0.2) is 0 Å². The van der Waals surface area contributed by atoms with Crippen LogP contribution in [0.3, 0.4) is 0 Å². The second kappa shape index (κ2) is 8.80. The van der Waals surface area contributed by atoms with E-state index in [1.807, 2.05) is 11.4 Å². The van der Waals surface area contributed by atoms with Gasteiger partial charge in [0.05, 0.1) is 19.2 Å². The Morgan fingerprint density at radius 1 is 1.35 bits per heavy atom. The van der Waals surface area contributed by atoms with Gasteiger partial charge in [0.25, 0.3) is 0 Å². The van der Waals surface area contributed by atoms with Crippen LogP contribution in [0, 0.1) is 12.8 Å². The molecule has 2 aromatic rings. The first-order chi connectivity index (χ1) is 12.6. The van der Waals surface area contributed by atoms with Crippen LogP contribution in [0.25, 0.3) is 0 Å². The van der Waals surface area contributed by atoms with Gasteiger partial charge in [-0.25, -0.2) is 0 Å². The highest BCUT2D eigenvalue weighted by Gasteiger charge is 2.29. The topological polar surface area (TPSA) is 52.6 Å². The number of piperidine rings is 1. The summed E-state index contributed by atoms with van der Waals surface area (Å²) < 4.78 is 0. The van der Waals surface area contributed by atoms with Crippen molar-refractivity contribution < 1.29 is 9.90 Å². The highest BCUT2D eigenvalue weighted by atomic mass is 32.1. The van der Waals surface area contributed by atoms with Gasteiger partial charge in [-0.3, -0.25) is 9.69 Å². The maximum atomic E-state index is 12.8. The Bertz CT molecular complexity index is 699. The third kappa shape index (κ3) is 4.53. The summed E-state index contributed by atoms with van der Waals surface area (Å²) in [6.07, 6.45) is 2.20. The lowest BCUT2D eigenvalue weighted by atomic mass is 9.91. The number of hydrogen-bond donors (Lipinski definition) is 2. The molecule has 1 amide bonds. The first-order valence-corrected chi connectivity index (χ1v) is 10.2. The van der Waals surface area contributed by atoms with Gasteiger partial charge < -0.3 is 10.4 Å². The lowest BCUT2D eigenvalue weighted by Gasteiger charge is -2.38. The van der Waals surface area contributed by atoms with Crippen molar-refractivity contribution in [2.24, 2.45) is 5.92 Å². The molecule has 1 aromatic carbocycles. The van der Waals surface area contributed by atoms with Crippen molar-refractivity contribution in [3.05, 3.63) is 57.8 Å². The predicted octanol–water partition coefficient (Wildman–Crippen LogP) is 3.35. The SMILES string of the molecule is Cc1ccc(C(NC(=O)CN2CCCC(C)C2CO)c2cccs2)cc1. The van der Waals surface area contributed by atoms with Crippen LogP contribution < -0.4 is 5.32 Å². The number of rotatable bonds is 6. The molecule has 5 heteroatoms. The van der Waals surface area contributed by atoms with E-state index in [9.17, 15) is 9.90 Å². The van der Waals surface area contributed by atoms with Crippen LogP contribution in [0.4, 0.5) is 0 Å². The second-order valence-electron chi connectivity index (χ2n) is 7.27. The fourth-order valence-electron chi connectivity index (χ4n) is 3.75. The Morgan fingerprint density at radius 2 is 2.12 bits per heavy atom. The summed E-state index contributed by atoms with van der Waals surface area (Å²) >= 11 is 1.66. The number of amides is 1. The van der Waals surface area contributed by atoms with E-state index in [-0.39, 0.29) is 24.6 Å². The molecule has 4 nitrogen and oxygen atoms in total. The average molecular weight is 373 g/mol. The molecule has 0 aliphatic carbocycles. The first-order valence-electron chi connectivity index (χ1n) is 9.32. The third-order valence-corrected chi connectivity index (χ3v) is 6.25. The van der Waals surface area contributed by atoms with E-state index in [2.05, 4.69) is 54.4 Å². The number of likely N-dealkylation sites (tertiary alicyclic amines) is 1. The van der Waals surface area contributed by atoms with Crippen molar-refractivity contribution >= 4 is 17.2 Å². The number of nitrogens with zero attached hydrogens (tertiary/aromatic N) is 1. The monoisotopic (exact) mass is 372 g/mol. The second-order valence-corrected chi connectivity index (χ2v) is 8.25. The van der Waals surface area contributed by atoms with Crippen molar-refractivity contribution in [1.82, 2.24) is 10.2 Å². The third-order valence-electron chi connectivity index (χ3n) is 5.31. The largest absolute Gasteiger partial charge is 0.395 e. The van der Waals surface area contributed by atoms with Crippen molar-refractivity contribution in [1.29, 1.82) is 0 Å². The van der Waals surface area contributed by atoms with E-state index in [0.29, 0.717) is 12.5 Å². The molecule has 0 radical (unpaired) electrons. The maximum absolute atomic E-state index is 12.8. The van der Waals surface area contributed by atoms with E-state index < -0.39 is 0 Å². The normalized spacial score (nSPS) is 22.1. The van der Waals surface area contributed by atoms with Crippen LogP contribution in [0.1, 0.15) is 41.8 Å². The highest BCUT2D eigenvalue weighted by molar-refractivity contribution is 7.10. The number of hydrogen-bond acceptors (Lipinski definition) is 4. The van der Waals surface area contributed by atoms with E-state index >= 15 is 0 Å². The molecule has 3 rings (SSSR count). The van der Waals surface area contributed by atoms with E-state index in [1.165, 1.54) is 5.56 Å². The summed E-state index contributed by atoms with van der Waals surface area (Å²) in [5, 5.41) is 15.0. The fourth-order valence-corrected chi connectivity index (χ4v) is 4.55. The molecular weight excluding hydrogens is 344 g/mol. The summed E-state index contributed by atoms with van der Waals surface area (Å²) in [7, 11) is 0. The minimum absolute atomic E-state index is 0.0107. The molecule has 0 bridgehead atoms. The summed E-state index contributed by atoms with van der Waals surface area (Å²) in [5.74, 6) is 0.434. The molecule has 3 atom stereocenters. The molecule has 2 heterocycles. The first kappa shape index (κ1) is 19.1. The van der Waals surface area contributed by atoms with Gasteiger partial charge in [-0.05, 0) is 49.2 Å². The van der Waals surface area contributed by atoms with Crippen LogP contribution in [-0.4, -0.2) is 41.7 Å². The molecule has 26 heavy (non-hydrogen) atoms. The van der Waals surface area contributed by atoms with Gasteiger partial charge >= 0.3 is 0 Å². The molecule has 1 saturated heterocycles. The summed E-state index contributed by atoms with van der Waals surface area (Å²) in [6, 6.07) is 12.4. The molecule has 1 aromatic heterocycles. The molecule has 1 aliphatic rings. The standard InChI is InChI=1S/C21H28N2O2S/c1-15-7-9-17(10-8-15)21(19-6-4-12-26-19)22-20(25)13-23-11-3-5-16(2)18(23)14-24/h4,6-10,12,16,18,21,24H,3,5,11,13-14H2,1-2H3,(H,22,25). The molecule has 0 saturated carbocycles. The van der Waals surface area contributed by atoms with Crippen LogP contribution in [0.15, 0.2) is 41.8 Å². The Labute approximate surface area is 159 Å².